The highest BCUT2D eigenvalue weighted by Crippen LogP contribution is 2.08. The maximum Gasteiger partial charge on any atom is 0.233 e. The van der Waals surface area contributed by atoms with Crippen LogP contribution in [0.25, 0.3) is 0 Å². The van der Waals surface area contributed by atoms with Gasteiger partial charge in [-0.3, -0.25) is 4.79 Å². The fourth-order valence-electron chi connectivity index (χ4n) is 0.645. The van der Waals surface area contributed by atoms with E-state index in [0.29, 0.717) is 6.67 Å². The van der Waals surface area contributed by atoms with Crippen LogP contribution in [0, 0.1) is 0 Å². The van der Waals surface area contributed by atoms with Crippen LogP contribution in [0.3, 0.4) is 0 Å². The van der Waals surface area contributed by atoms with Crippen LogP contribution in [-0.4, -0.2) is 30.6 Å². The molecule has 11 heavy (non-hydrogen) atoms. The molecule has 0 aliphatic heterocycles. The Morgan fingerprint density at radius 2 is 2.27 bits per heavy atom. The topological polar surface area (TPSA) is 41.1 Å². The Labute approximate surface area is 72.3 Å². The molecular formula is C7H16N2OS. The Balaban J connectivity index is 3.47. The first-order valence-electron chi connectivity index (χ1n) is 3.76. The average molecular weight is 176 g/mol. The lowest BCUT2D eigenvalue weighted by atomic mass is 10.4. The van der Waals surface area contributed by atoms with E-state index in [0.717, 1.165) is 5.75 Å². The van der Waals surface area contributed by atoms with Gasteiger partial charge in [0, 0.05) is 0 Å². The molecular weight excluding hydrogens is 160 g/mol. The highest BCUT2D eigenvalue weighted by Gasteiger charge is 2.10. The molecule has 0 bridgehead atoms. The zero-order chi connectivity index (χ0) is 8.69. The van der Waals surface area contributed by atoms with Crippen LogP contribution in [0.15, 0.2) is 0 Å². The molecule has 0 heterocycles. The van der Waals surface area contributed by atoms with Crippen molar-refractivity contribution in [1.29, 1.82) is 0 Å². The zero-order valence-electron chi connectivity index (χ0n) is 7.31. The number of nitrogens with one attached hydrogen (secondary N) is 2. The summed E-state index contributed by atoms with van der Waals surface area (Å²) in [6, 6.07) is 0. The van der Waals surface area contributed by atoms with Gasteiger partial charge in [-0.1, -0.05) is 6.92 Å². The Bertz CT molecular complexity index is 119. The SMILES string of the molecule is CCSC(C)C(=O)NCNC. The second kappa shape index (κ2) is 6.49. The predicted molar refractivity (Wildman–Crippen MR) is 49.7 cm³/mol. The molecule has 4 heteroatoms. The molecule has 0 aromatic rings. The number of amides is 1. The molecule has 1 amide bonds. The van der Waals surface area contributed by atoms with Crippen molar-refractivity contribution in [3.63, 3.8) is 0 Å². The number of hydrogen-bond donors (Lipinski definition) is 2. The molecule has 0 saturated carbocycles. The summed E-state index contributed by atoms with van der Waals surface area (Å²) in [5.41, 5.74) is 0. The van der Waals surface area contributed by atoms with E-state index in [1.165, 1.54) is 0 Å². The number of thioether (sulfide) groups is 1. The molecule has 0 aromatic heterocycles. The van der Waals surface area contributed by atoms with E-state index in [1.807, 2.05) is 13.8 Å². The highest BCUT2D eigenvalue weighted by atomic mass is 32.2. The lowest BCUT2D eigenvalue weighted by molar-refractivity contribution is -0.120. The molecule has 1 atom stereocenters. The normalized spacial score (nSPS) is 12.6. The highest BCUT2D eigenvalue weighted by molar-refractivity contribution is 8.00. The quantitative estimate of drug-likeness (QED) is 0.597. The van der Waals surface area contributed by atoms with Crippen molar-refractivity contribution in [2.24, 2.45) is 0 Å². The van der Waals surface area contributed by atoms with Gasteiger partial charge in [-0.15, -0.1) is 11.8 Å². The van der Waals surface area contributed by atoms with Crippen molar-refractivity contribution in [2.75, 3.05) is 19.5 Å². The minimum Gasteiger partial charge on any atom is -0.343 e. The number of carbonyl (C=O) groups is 1. The molecule has 0 rings (SSSR count). The molecule has 0 aliphatic rings. The summed E-state index contributed by atoms with van der Waals surface area (Å²) in [5.74, 6) is 1.08. The van der Waals surface area contributed by atoms with Gasteiger partial charge in [0.15, 0.2) is 0 Å². The van der Waals surface area contributed by atoms with Crippen LogP contribution in [-0.2, 0) is 4.79 Å². The molecule has 0 aromatic carbocycles. The molecule has 3 nitrogen and oxygen atoms in total. The Morgan fingerprint density at radius 1 is 1.64 bits per heavy atom. The summed E-state index contributed by atoms with van der Waals surface area (Å²) in [6.07, 6.45) is 0. The van der Waals surface area contributed by atoms with E-state index in [1.54, 1.807) is 18.8 Å². The molecule has 1 unspecified atom stereocenters. The fourth-order valence-corrected chi connectivity index (χ4v) is 1.38. The first-order chi connectivity index (χ1) is 5.22. The lowest BCUT2D eigenvalue weighted by Crippen LogP contribution is -2.36. The van der Waals surface area contributed by atoms with Gasteiger partial charge < -0.3 is 10.6 Å². The van der Waals surface area contributed by atoms with Crippen LogP contribution in [0.2, 0.25) is 0 Å². The van der Waals surface area contributed by atoms with Gasteiger partial charge in [-0.05, 0) is 19.7 Å². The average Bonchev–Trinajstić information content (AvgIpc) is 2.00. The van der Waals surface area contributed by atoms with Crippen molar-refractivity contribution >= 4 is 17.7 Å². The van der Waals surface area contributed by atoms with Crippen LogP contribution in [0.1, 0.15) is 13.8 Å². The van der Waals surface area contributed by atoms with E-state index >= 15 is 0 Å². The van der Waals surface area contributed by atoms with Crippen molar-refractivity contribution < 1.29 is 4.79 Å². The van der Waals surface area contributed by atoms with Crippen LogP contribution in [0.4, 0.5) is 0 Å². The molecule has 66 valence electrons. The minimum absolute atomic E-state index is 0.0633. The predicted octanol–water partition coefficient (Wildman–Crippen LogP) is 0.421. The smallest absolute Gasteiger partial charge is 0.233 e. The summed E-state index contributed by atoms with van der Waals surface area (Å²) in [6.45, 7) is 4.51. The van der Waals surface area contributed by atoms with Crippen LogP contribution in [0.5, 0.6) is 0 Å². The summed E-state index contributed by atoms with van der Waals surface area (Å²) in [5, 5.41) is 5.66. The van der Waals surface area contributed by atoms with Gasteiger partial charge >= 0.3 is 0 Å². The first kappa shape index (κ1) is 10.8. The largest absolute Gasteiger partial charge is 0.343 e. The second-order valence-electron chi connectivity index (χ2n) is 2.17. The molecule has 0 saturated heterocycles. The van der Waals surface area contributed by atoms with E-state index in [-0.39, 0.29) is 11.2 Å². The van der Waals surface area contributed by atoms with Gasteiger partial charge in [-0.2, -0.15) is 0 Å². The van der Waals surface area contributed by atoms with Crippen LogP contribution < -0.4 is 10.6 Å². The number of hydrogen-bond acceptors (Lipinski definition) is 3. The van der Waals surface area contributed by atoms with E-state index in [4.69, 9.17) is 0 Å². The second-order valence-corrected chi connectivity index (χ2v) is 3.79. The van der Waals surface area contributed by atoms with E-state index < -0.39 is 0 Å². The number of carbonyl (C=O) groups excluding carboxylic acids is 1. The maximum absolute atomic E-state index is 11.1. The summed E-state index contributed by atoms with van der Waals surface area (Å²) in [7, 11) is 1.80. The Hall–Kier alpha value is -0.220. The molecule has 0 spiro atoms. The summed E-state index contributed by atoms with van der Waals surface area (Å²) < 4.78 is 0. The van der Waals surface area contributed by atoms with Gasteiger partial charge in [0.1, 0.15) is 0 Å². The standard InChI is InChI=1S/C7H16N2OS/c1-4-11-6(2)7(10)9-5-8-3/h6,8H,4-5H2,1-3H3,(H,9,10). The molecule has 0 radical (unpaired) electrons. The van der Waals surface area contributed by atoms with Crippen molar-refractivity contribution in [3.8, 4) is 0 Å². The third kappa shape index (κ3) is 5.09. The van der Waals surface area contributed by atoms with Crippen molar-refractivity contribution in [3.05, 3.63) is 0 Å². The number of rotatable bonds is 5. The molecule has 2 N–H and O–H groups in total. The van der Waals surface area contributed by atoms with Gasteiger partial charge in [0.05, 0.1) is 11.9 Å². The monoisotopic (exact) mass is 176 g/mol. The van der Waals surface area contributed by atoms with Gasteiger partial charge in [0.2, 0.25) is 5.91 Å². The summed E-state index contributed by atoms with van der Waals surface area (Å²) in [4.78, 5) is 11.1. The fraction of sp³-hybridized carbons (Fsp3) is 0.857. The third-order valence-electron chi connectivity index (χ3n) is 1.23. The lowest BCUT2D eigenvalue weighted by Gasteiger charge is -2.09. The first-order valence-corrected chi connectivity index (χ1v) is 4.81. The minimum atomic E-state index is 0.0633. The Kier molecular flexibility index (Phi) is 6.36. The summed E-state index contributed by atoms with van der Waals surface area (Å²) >= 11 is 1.65. The zero-order valence-corrected chi connectivity index (χ0v) is 8.12. The molecule has 0 aliphatic carbocycles. The van der Waals surface area contributed by atoms with Crippen molar-refractivity contribution in [2.45, 2.75) is 19.1 Å². The van der Waals surface area contributed by atoms with Crippen molar-refractivity contribution in [1.82, 2.24) is 10.6 Å². The van der Waals surface area contributed by atoms with Gasteiger partial charge in [0.25, 0.3) is 0 Å². The molecule has 0 fully saturated rings. The van der Waals surface area contributed by atoms with E-state index in [9.17, 15) is 4.79 Å². The van der Waals surface area contributed by atoms with Gasteiger partial charge in [-0.25, -0.2) is 0 Å². The van der Waals surface area contributed by atoms with E-state index in [2.05, 4.69) is 10.6 Å². The third-order valence-corrected chi connectivity index (χ3v) is 2.27. The Morgan fingerprint density at radius 3 is 2.73 bits per heavy atom. The maximum atomic E-state index is 11.1. The van der Waals surface area contributed by atoms with Crippen LogP contribution >= 0.6 is 11.8 Å².